The first-order valence-corrected chi connectivity index (χ1v) is 7.34. The van der Waals surface area contributed by atoms with Gasteiger partial charge in [0.2, 0.25) is 0 Å². The fourth-order valence-electron chi connectivity index (χ4n) is 2.39. The van der Waals surface area contributed by atoms with Gasteiger partial charge in [0.15, 0.2) is 12.4 Å². The molecular weight excluding hydrogens is 292 g/mol. The van der Waals surface area contributed by atoms with Crippen molar-refractivity contribution >= 4 is 22.7 Å². The fraction of sp³-hybridized carbons (Fsp3) is 0.158. The highest BCUT2D eigenvalue weighted by molar-refractivity contribution is 5.98. The van der Waals surface area contributed by atoms with E-state index in [1.165, 1.54) is 0 Å². The molecule has 1 heterocycles. The molecule has 3 aromatic rings. The van der Waals surface area contributed by atoms with E-state index in [9.17, 15) is 9.59 Å². The number of fused-ring (bicyclic) bond motifs is 1. The summed E-state index contributed by atoms with van der Waals surface area (Å²) < 4.78 is 10.5. The Morgan fingerprint density at radius 1 is 1.09 bits per heavy atom. The van der Waals surface area contributed by atoms with E-state index < -0.39 is 5.97 Å². The molecule has 4 heteroatoms. The van der Waals surface area contributed by atoms with Crippen LogP contribution in [0.15, 0.2) is 59.2 Å². The summed E-state index contributed by atoms with van der Waals surface area (Å²) >= 11 is 0. The third-order valence-electron chi connectivity index (χ3n) is 3.61. The summed E-state index contributed by atoms with van der Waals surface area (Å²) in [6.45, 7) is 1.73. The van der Waals surface area contributed by atoms with Gasteiger partial charge in [-0.05, 0) is 18.6 Å². The molecule has 0 aliphatic heterocycles. The van der Waals surface area contributed by atoms with E-state index in [0.29, 0.717) is 5.56 Å². The second kappa shape index (κ2) is 6.48. The summed E-state index contributed by atoms with van der Waals surface area (Å²) in [6, 6.07) is 14.6. The first kappa shape index (κ1) is 15.0. The molecule has 0 aliphatic carbocycles. The van der Waals surface area contributed by atoms with E-state index in [0.717, 1.165) is 22.1 Å². The number of furan rings is 1. The lowest BCUT2D eigenvalue weighted by atomic mass is 10.1. The zero-order valence-corrected chi connectivity index (χ0v) is 12.7. The minimum Gasteiger partial charge on any atom is -0.464 e. The molecule has 0 fully saturated rings. The summed E-state index contributed by atoms with van der Waals surface area (Å²) in [5.74, 6) is -0.663. The van der Waals surface area contributed by atoms with Crippen molar-refractivity contribution in [3.63, 3.8) is 0 Å². The third-order valence-corrected chi connectivity index (χ3v) is 3.61. The van der Waals surface area contributed by atoms with Gasteiger partial charge in [0.05, 0.1) is 12.7 Å². The molecule has 0 amide bonds. The van der Waals surface area contributed by atoms with Crippen molar-refractivity contribution in [1.82, 2.24) is 0 Å². The maximum absolute atomic E-state index is 11.9. The molecule has 4 nitrogen and oxygen atoms in total. The molecule has 0 bridgehead atoms. The normalized spacial score (nSPS) is 10.7. The highest BCUT2D eigenvalue weighted by Crippen LogP contribution is 2.22. The average Bonchev–Trinajstić information content (AvgIpc) is 2.95. The lowest BCUT2D eigenvalue weighted by molar-refractivity contribution is -0.141. The first-order valence-electron chi connectivity index (χ1n) is 7.34. The van der Waals surface area contributed by atoms with Crippen molar-refractivity contribution in [3.8, 4) is 0 Å². The number of ketones is 1. The van der Waals surface area contributed by atoms with Crippen LogP contribution < -0.4 is 0 Å². The van der Waals surface area contributed by atoms with Gasteiger partial charge >= 0.3 is 5.97 Å². The van der Waals surface area contributed by atoms with Gasteiger partial charge in [-0.3, -0.25) is 9.59 Å². The van der Waals surface area contributed by atoms with Crippen LogP contribution in [0.1, 0.15) is 21.5 Å². The van der Waals surface area contributed by atoms with E-state index >= 15 is 0 Å². The Hall–Kier alpha value is -2.88. The van der Waals surface area contributed by atoms with Crippen molar-refractivity contribution in [2.24, 2.45) is 0 Å². The Morgan fingerprint density at radius 2 is 1.87 bits per heavy atom. The first-order chi connectivity index (χ1) is 11.1. The average molecular weight is 308 g/mol. The van der Waals surface area contributed by atoms with Gasteiger partial charge in [0.1, 0.15) is 5.58 Å². The number of Topliss-reactive ketones (excluding diaryl/α,β-unsaturated/α-hetero) is 1. The second-order valence-electron chi connectivity index (χ2n) is 5.39. The topological polar surface area (TPSA) is 56.5 Å². The van der Waals surface area contributed by atoms with Crippen molar-refractivity contribution in [1.29, 1.82) is 0 Å². The number of carbonyl (C=O) groups excluding carboxylic acids is 2. The van der Waals surface area contributed by atoms with Crippen LogP contribution in [0.5, 0.6) is 0 Å². The number of rotatable bonds is 5. The lowest BCUT2D eigenvalue weighted by Gasteiger charge is -2.04. The zero-order valence-electron chi connectivity index (χ0n) is 12.7. The van der Waals surface area contributed by atoms with E-state index in [-0.39, 0.29) is 18.8 Å². The van der Waals surface area contributed by atoms with Crippen molar-refractivity contribution in [2.75, 3.05) is 6.61 Å². The quantitative estimate of drug-likeness (QED) is 0.532. The number of aryl methyl sites for hydroxylation is 1. The van der Waals surface area contributed by atoms with Gasteiger partial charge in [-0.2, -0.15) is 0 Å². The Balaban J connectivity index is 1.62. The Kier molecular flexibility index (Phi) is 4.24. The van der Waals surface area contributed by atoms with Gasteiger partial charge < -0.3 is 9.15 Å². The van der Waals surface area contributed by atoms with Gasteiger partial charge in [0.25, 0.3) is 0 Å². The van der Waals surface area contributed by atoms with Gasteiger partial charge in [0, 0.05) is 16.5 Å². The summed E-state index contributed by atoms with van der Waals surface area (Å²) in [5.41, 5.74) is 3.13. The molecule has 0 spiro atoms. The van der Waals surface area contributed by atoms with E-state index in [2.05, 4.69) is 0 Å². The van der Waals surface area contributed by atoms with Gasteiger partial charge in [-0.1, -0.05) is 42.5 Å². The monoisotopic (exact) mass is 308 g/mol. The fourth-order valence-corrected chi connectivity index (χ4v) is 2.39. The molecule has 0 radical (unpaired) electrons. The third kappa shape index (κ3) is 3.48. The molecule has 116 valence electrons. The molecule has 3 rings (SSSR count). The minimum atomic E-state index is -0.447. The van der Waals surface area contributed by atoms with Crippen molar-refractivity contribution in [2.45, 2.75) is 13.3 Å². The van der Waals surface area contributed by atoms with Crippen LogP contribution in [0.4, 0.5) is 0 Å². The standard InChI is InChI=1S/C19H16O4/c1-13-7-8-16-15(11-22-18(16)9-13)10-19(21)23-12-17(20)14-5-3-2-4-6-14/h2-9,11H,10,12H2,1H3. The molecule has 0 saturated carbocycles. The summed E-state index contributed by atoms with van der Waals surface area (Å²) in [7, 11) is 0. The predicted octanol–water partition coefficient (Wildman–Crippen LogP) is 3.71. The summed E-state index contributed by atoms with van der Waals surface area (Å²) in [4.78, 5) is 23.8. The highest BCUT2D eigenvalue weighted by atomic mass is 16.5. The van der Waals surface area contributed by atoms with Crippen LogP contribution in [0.25, 0.3) is 11.0 Å². The number of esters is 1. The summed E-state index contributed by atoms with van der Waals surface area (Å²) in [6.07, 6.45) is 1.64. The molecule has 0 N–H and O–H groups in total. The molecule has 23 heavy (non-hydrogen) atoms. The Morgan fingerprint density at radius 3 is 2.65 bits per heavy atom. The van der Waals surface area contributed by atoms with E-state index in [1.54, 1.807) is 30.5 Å². The van der Waals surface area contributed by atoms with Crippen molar-refractivity contribution < 1.29 is 18.7 Å². The van der Waals surface area contributed by atoms with Crippen molar-refractivity contribution in [3.05, 3.63) is 71.5 Å². The van der Waals surface area contributed by atoms with Crippen LogP contribution in [0.3, 0.4) is 0 Å². The van der Waals surface area contributed by atoms with Gasteiger partial charge in [-0.25, -0.2) is 0 Å². The SMILES string of the molecule is Cc1ccc2c(CC(=O)OCC(=O)c3ccccc3)coc2c1. The molecule has 0 atom stereocenters. The Bertz CT molecular complexity index is 846. The molecule has 0 aliphatic rings. The maximum atomic E-state index is 11.9. The van der Waals surface area contributed by atoms with E-state index in [4.69, 9.17) is 9.15 Å². The van der Waals surface area contributed by atoms with E-state index in [1.807, 2.05) is 31.2 Å². The highest BCUT2D eigenvalue weighted by Gasteiger charge is 2.13. The van der Waals surface area contributed by atoms with Crippen LogP contribution in [0.2, 0.25) is 0 Å². The maximum Gasteiger partial charge on any atom is 0.310 e. The molecule has 2 aromatic carbocycles. The number of benzene rings is 2. The molecule has 0 saturated heterocycles. The zero-order chi connectivity index (χ0) is 16.2. The summed E-state index contributed by atoms with van der Waals surface area (Å²) in [5, 5.41) is 0.891. The lowest BCUT2D eigenvalue weighted by Crippen LogP contribution is -2.15. The minimum absolute atomic E-state index is 0.0815. The number of ether oxygens (including phenoxy) is 1. The second-order valence-corrected chi connectivity index (χ2v) is 5.39. The number of carbonyl (C=O) groups is 2. The molecular formula is C19H16O4. The largest absolute Gasteiger partial charge is 0.464 e. The Labute approximate surface area is 133 Å². The predicted molar refractivity (Wildman–Crippen MR) is 86.4 cm³/mol. The van der Waals surface area contributed by atoms with Crippen LogP contribution in [-0.4, -0.2) is 18.4 Å². The van der Waals surface area contributed by atoms with Gasteiger partial charge in [-0.15, -0.1) is 0 Å². The van der Waals surface area contributed by atoms with Crippen LogP contribution in [0, 0.1) is 6.92 Å². The number of hydrogen-bond acceptors (Lipinski definition) is 4. The molecule has 1 aromatic heterocycles. The number of hydrogen-bond donors (Lipinski definition) is 0. The van der Waals surface area contributed by atoms with Crippen LogP contribution in [-0.2, 0) is 16.0 Å². The molecule has 0 unspecified atom stereocenters. The smallest absolute Gasteiger partial charge is 0.310 e. The van der Waals surface area contributed by atoms with Crippen LogP contribution >= 0.6 is 0 Å².